The Labute approximate surface area is 161 Å². The molecule has 0 bridgehead atoms. The molecule has 0 spiro atoms. The van der Waals surface area contributed by atoms with Crippen LogP contribution < -0.4 is 10.6 Å². The summed E-state index contributed by atoms with van der Waals surface area (Å²) in [5.41, 5.74) is 3.24. The van der Waals surface area contributed by atoms with Gasteiger partial charge in [0.1, 0.15) is 0 Å². The van der Waals surface area contributed by atoms with Crippen LogP contribution in [0.4, 0.5) is 0 Å². The van der Waals surface area contributed by atoms with Gasteiger partial charge in [-0.15, -0.1) is 24.0 Å². The maximum absolute atomic E-state index is 4.56. The van der Waals surface area contributed by atoms with Crippen LogP contribution in [0.2, 0.25) is 0 Å². The van der Waals surface area contributed by atoms with Crippen LogP contribution in [0.15, 0.2) is 35.5 Å². The number of aromatic nitrogens is 3. The Morgan fingerprint density at radius 3 is 2.71 bits per heavy atom. The number of halogens is 1. The van der Waals surface area contributed by atoms with E-state index < -0.39 is 0 Å². The molecule has 132 valence electrons. The molecule has 6 nitrogen and oxygen atoms in total. The van der Waals surface area contributed by atoms with Crippen molar-refractivity contribution in [3.8, 4) is 0 Å². The minimum absolute atomic E-state index is 0. The number of guanidine groups is 1. The fourth-order valence-electron chi connectivity index (χ4n) is 2.33. The molecule has 0 saturated heterocycles. The zero-order valence-corrected chi connectivity index (χ0v) is 16.9. The van der Waals surface area contributed by atoms with E-state index >= 15 is 0 Å². The molecule has 0 amide bonds. The maximum Gasteiger partial charge on any atom is 0.191 e. The molecule has 0 unspecified atom stereocenters. The first kappa shape index (κ1) is 20.4. The Hall–Kier alpha value is -1.64. The largest absolute Gasteiger partial charge is 0.357 e. The van der Waals surface area contributed by atoms with Crippen LogP contribution in [0, 0.1) is 13.8 Å². The molecule has 2 heterocycles. The van der Waals surface area contributed by atoms with Gasteiger partial charge < -0.3 is 10.6 Å². The smallest absolute Gasteiger partial charge is 0.191 e. The molecule has 7 heteroatoms. The highest BCUT2D eigenvalue weighted by Gasteiger charge is 2.01. The quantitative estimate of drug-likeness (QED) is 0.300. The zero-order chi connectivity index (χ0) is 16.5. The fourth-order valence-corrected chi connectivity index (χ4v) is 2.33. The van der Waals surface area contributed by atoms with Crippen molar-refractivity contribution in [2.24, 2.45) is 4.99 Å². The third-order valence-electron chi connectivity index (χ3n) is 3.41. The van der Waals surface area contributed by atoms with E-state index in [1.807, 2.05) is 25.1 Å². The third-order valence-corrected chi connectivity index (χ3v) is 3.41. The molecule has 0 atom stereocenters. The van der Waals surface area contributed by atoms with Gasteiger partial charge in [-0.25, -0.2) is 4.99 Å². The fraction of sp³-hybridized carbons (Fsp3) is 0.471. The topological polar surface area (TPSA) is 67.1 Å². The lowest BCUT2D eigenvalue weighted by Crippen LogP contribution is -2.38. The van der Waals surface area contributed by atoms with Crippen molar-refractivity contribution in [1.29, 1.82) is 0 Å². The first-order valence-electron chi connectivity index (χ1n) is 8.12. The summed E-state index contributed by atoms with van der Waals surface area (Å²) in [6.45, 7) is 9.35. The van der Waals surface area contributed by atoms with Crippen LogP contribution in [0.5, 0.6) is 0 Å². The van der Waals surface area contributed by atoms with E-state index in [4.69, 9.17) is 0 Å². The van der Waals surface area contributed by atoms with E-state index in [1.165, 1.54) is 5.69 Å². The van der Waals surface area contributed by atoms with Crippen molar-refractivity contribution in [3.63, 3.8) is 0 Å². The molecule has 0 fully saturated rings. The van der Waals surface area contributed by atoms with Gasteiger partial charge >= 0.3 is 0 Å². The lowest BCUT2D eigenvalue weighted by molar-refractivity contribution is 0.555. The van der Waals surface area contributed by atoms with Gasteiger partial charge in [-0.2, -0.15) is 5.10 Å². The maximum atomic E-state index is 4.56. The van der Waals surface area contributed by atoms with Gasteiger partial charge in [-0.05, 0) is 45.4 Å². The normalized spacial score (nSPS) is 11.0. The summed E-state index contributed by atoms with van der Waals surface area (Å²) < 4.78 is 2.05. The van der Waals surface area contributed by atoms with Crippen molar-refractivity contribution >= 4 is 29.9 Å². The molecule has 2 aromatic rings. The van der Waals surface area contributed by atoms with Gasteiger partial charge in [0.05, 0.1) is 17.9 Å². The highest BCUT2D eigenvalue weighted by molar-refractivity contribution is 14.0. The van der Waals surface area contributed by atoms with Crippen LogP contribution in [-0.4, -0.2) is 33.8 Å². The first-order valence-corrected chi connectivity index (χ1v) is 8.12. The van der Waals surface area contributed by atoms with E-state index in [2.05, 4.69) is 50.3 Å². The third kappa shape index (κ3) is 6.86. The molecule has 0 aliphatic rings. The lowest BCUT2D eigenvalue weighted by Gasteiger charge is -2.11. The molecule has 2 rings (SSSR count). The van der Waals surface area contributed by atoms with Crippen molar-refractivity contribution in [2.45, 2.75) is 40.3 Å². The number of rotatable bonds is 7. The molecule has 24 heavy (non-hydrogen) atoms. The highest BCUT2D eigenvalue weighted by atomic mass is 127. The number of aliphatic imine (C=N–C) groups is 1. The van der Waals surface area contributed by atoms with Crippen molar-refractivity contribution in [3.05, 3.63) is 47.5 Å². The standard InChI is InChI=1S/C17H26N6.HI/c1-4-18-17(21-13-16-8-5-6-9-19-16)20-10-7-11-23-15(3)12-14(2)22-23;/h5-6,8-9,12H,4,7,10-11,13H2,1-3H3,(H2,18,20,21);1H. The zero-order valence-electron chi connectivity index (χ0n) is 14.6. The minimum atomic E-state index is 0. The second-order valence-electron chi connectivity index (χ2n) is 5.45. The number of aryl methyl sites for hydroxylation is 3. The van der Waals surface area contributed by atoms with Crippen LogP contribution in [0.1, 0.15) is 30.4 Å². The predicted molar refractivity (Wildman–Crippen MR) is 109 cm³/mol. The summed E-state index contributed by atoms with van der Waals surface area (Å²) >= 11 is 0. The van der Waals surface area contributed by atoms with Crippen molar-refractivity contribution in [2.75, 3.05) is 13.1 Å². The number of nitrogens with one attached hydrogen (secondary N) is 2. The Morgan fingerprint density at radius 2 is 2.08 bits per heavy atom. The molecule has 0 saturated carbocycles. The van der Waals surface area contributed by atoms with E-state index in [9.17, 15) is 0 Å². The highest BCUT2D eigenvalue weighted by Crippen LogP contribution is 2.02. The molecule has 2 aromatic heterocycles. The van der Waals surface area contributed by atoms with Gasteiger partial charge in [0, 0.05) is 31.5 Å². The van der Waals surface area contributed by atoms with Gasteiger partial charge in [0.2, 0.25) is 0 Å². The molecular formula is C17H27IN6. The number of hydrogen-bond acceptors (Lipinski definition) is 3. The van der Waals surface area contributed by atoms with Crippen LogP contribution >= 0.6 is 24.0 Å². The SMILES string of the molecule is CCNC(=NCc1ccccn1)NCCCn1nc(C)cc1C.I. The Balaban J connectivity index is 0.00000288. The van der Waals surface area contributed by atoms with Gasteiger partial charge in [-0.1, -0.05) is 6.07 Å². The second-order valence-corrected chi connectivity index (χ2v) is 5.45. The van der Waals surface area contributed by atoms with Crippen LogP contribution in [-0.2, 0) is 13.1 Å². The van der Waals surface area contributed by atoms with E-state index in [1.54, 1.807) is 6.20 Å². The molecule has 0 aliphatic heterocycles. The molecular weight excluding hydrogens is 415 g/mol. The minimum Gasteiger partial charge on any atom is -0.357 e. The Kier molecular flexibility index (Phi) is 9.36. The average molecular weight is 442 g/mol. The summed E-state index contributed by atoms with van der Waals surface area (Å²) in [7, 11) is 0. The van der Waals surface area contributed by atoms with E-state index in [-0.39, 0.29) is 24.0 Å². The molecule has 2 N–H and O–H groups in total. The Morgan fingerprint density at radius 1 is 1.25 bits per heavy atom. The summed E-state index contributed by atoms with van der Waals surface area (Å²) in [4.78, 5) is 8.84. The average Bonchev–Trinajstić information content (AvgIpc) is 2.87. The van der Waals surface area contributed by atoms with Crippen molar-refractivity contribution < 1.29 is 0 Å². The summed E-state index contributed by atoms with van der Waals surface area (Å²) in [5, 5.41) is 11.1. The monoisotopic (exact) mass is 442 g/mol. The number of nitrogens with zero attached hydrogens (tertiary/aromatic N) is 4. The summed E-state index contributed by atoms with van der Waals surface area (Å²) in [5.74, 6) is 0.825. The van der Waals surface area contributed by atoms with E-state index in [0.717, 1.165) is 43.4 Å². The van der Waals surface area contributed by atoms with Crippen molar-refractivity contribution in [1.82, 2.24) is 25.4 Å². The number of pyridine rings is 1. The lowest BCUT2D eigenvalue weighted by atomic mass is 10.3. The first-order chi connectivity index (χ1) is 11.2. The van der Waals surface area contributed by atoms with Crippen LogP contribution in [0.25, 0.3) is 0 Å². The van der Waals surface area contributed by atoms with Gasteiger partial charge in [0.25, 0.3) is 0 Å². The summed E-state index contributed by atoms with van der Waals surface area (Å²) in [6.07, 6.45) is 2.79. The van der Waals surface area contributed by atoms with Gasteiger partial charge in [-0.3, -0.25) is 9.67 Å². The second kappa shape index (κ2) is 11.0. The van der Waals surface area contributed by atoms with E-state index in [0.29, 0.717) is 6.54 Å². The predicted octanol–water partition coefficient (Wildman–Crippen LogP) is 2.66. The van der Waals surface area contributed by atoms with Crippen LogP contribution in [0.3, 0.4) is 0 Å². The number of hydrogen-bond donors (Lipinski definition) is 2. The summed E-state index contributed by atoms with van der Waals surface area (Å²) in [6, 6.07) is 7.98. The van der Waals surface area contributed by atoms with Gasteiger partial charge in [0.15, 0.2) is 5.96 Å². The molecule has 0 aromatic carbocycles. The molecule has 0 aliphatic carbocycles. The Bertz CT molecular complexity index is 623. The molecule has 0 radical (unpaired) electrons.